The Kier molecular flexibility index (Phi) is 4.85. The normalized spacial score (nSPS) is 35.6. The molecule has 0 saturated carbocycles. The molecule has 1 aliphatic heterocycles. The van der Waals surface area contributed by atoms with Gasteiger partial charge in [-0.2, -0.15) is 0 Å². The van der Waals surface area contributed by atoms with Crippen LogP contribution in [0.2, 0.25) is 0 Å². The van der Waals surface area contributed by atoms with Crippen LogP contribution in [0, 0.1) is 0 Å². The zero-order valence-electron chi connectivity index (χ0n) is 9.49. The molecular formula is C11H23NO2. The van der Waals surface area contributed by atoms with Crippen molar-refractivity contribution in [1.29, 1.82) is 0 Å². The predicted molar refractivity (Wildman–Crippen MR) is 57.3 cm³/mol. The van der Waals surface area contributed by atoms with E-state index in [1.807, 2.05) is 6.92 Å². The smallest absolute Gasteiger partial charge is 0.0662 e. The Morgan fingerprint density at radius 2 is 1.93 bits per heavy atom. The molecule has 1 rings (SSSR count). The Hall–Kier alpha value is -0.120. The van der Waals surface area contributed by atoms with E-state index in [2.05, 4.69) is 19.2 Å². The molecule has 2 N–H and O–H groups in total. The molecule has 0 aromatic carbocycles. The van der Waals surface area contributed by atoms with E-state index < -0.39 is 0 Å². The van der Waals surface area contributed by atoms with Gasteiger partial charge in [-0.05, 0) is 33.1 Å². The molecule has 1 aliphatic rings. The number of ether oxygens (including phenoxy) is 1. The third-order valence-electron chi connectivity index (χ3n) is 2.81. The molecular weight excluding hydrogens is 178 g/mol. The second-order valence-corrected chi connectivity index (χ2v) is 4.40. The van der Waals surface area contributed by atoms with Gasteiger partial charge in [-0.1, -0.05) is 6.92 Å². The largest absolute Gasteiger partial charge is 0.392 e. The zero-order valence-corrected chi connectivity index (χ0v) is 9.49. The summed E-state index contributed by atoms with van der Waals surface area (Å²) < 4.78 is 5.65. The van der Waals surface area contributed by atoms with Gasteiger partial charge < -0.3 is 15.2 Å². The molecule has 1 fully saturated rings. The standard InChI is InChI=1S/C11H23NO2/c1-4-11(13)7-12-10-5-8(2)14-9(3)6-10/h8-13H,4-7H2,1-3H3. The molecule has 3 atom stereocenters. The number of nitrogens with one attached hydrogen (secondary N) is 1. The highest BCUT2D eigenvalue weighted by atomic mass is 16.5. The van der Waals surface area contributed by atoms with Crippen LogP contribution in [0.15, 0.2) is 0 Å². The Bertz CT molecular complexity index is 153. The number of rotatable bonds is 4. The number of aliphatic hydroxyl groups excluding tert-OH is 1. The lowest BCUT2D eigenvalue weighted by molar-refractivity contribution is -0.0433. The minimum atomic E-state index is -0.205. The van der Waals surface area contributed by atoms with E-state index in [-0.39, 0.29) is 6.10 Å². The van der Waals surface area contributed by atoms with Crippen molar-refractivity contribution in [2.45, 2.75) is 64.4 Å². The van der Waals surface area contributed by atoms with Crippen LogP contribution in [0.5, 0.6) is 0 Å². The van der Waals surface area contributed by atoms with E-state index in [4.69, 9.17) is 4.74 Å². The van der Waals surface area contributed by atoms with Crippen LogP contribution in [0.25, 0.3) is 0 Å². The second kappa shape index (κ2) is 5.69. The van der Waals surface area contributed by atoms with Crippen molar-refractivity contribution in [3.8, 4) is 0 Å². The molecule has 3 unspecified atom stereocenters. The molecule has 0 aromatic heterocycles. The highest BCUT2D eigenvalue weighted by molar-refractivity contribution is 4.79. The lowest BCUT2D eigenvalue weighted by Crippen LogP contribution is -2.43. The van der Waals surface area contributed by atoms with Crippen LogP contribution in [-0.4, -0.2) is 36.0 Å². The Morgan fingerprint density at radius 3 is 2.43 bits per heavy atom. The first kappa shape index (κ1) is 12.0. The highest BCUT2D eigenvalue weighted by Crippen LogP contribution is 2.18. The van der Waals surface area contributed by atoms with Crippen molar-refractivity contribution in [2.24, 2.45) is 0 Å². The van der Waals surface area contributed by atoms with Gasteiger partial charge in [-0.25, -0.2) is 0 Å². The Balaban J connectivity index is 2.23. The summed E-state index contributed by atoms with van der Waals surface area (Å²) in [7, 11) is 0. The summed E-state index contributed by atoms with van der Waals surface area (Å²) in [4.78, 5) is 0. The fourth-order valence-electron chi connectivity index (χ4n) is 2.02. The third kappa shape index (κ3) is 3.95. The Labute approximate surface area is 86.8 Å². The fraction of sp³-hybridized carbons (Fsp3) is 1.00. The maximum absolute atomic E-state index is 9.43. The van der Waals surface area contributed by atoms with Crippen molar-refractivity contribution in [2.75, 3.05) is 6.54 Å². The monoisotopic (exact) mass is 201 g/mol. The molecule has 3 heteroatoms. The first-order valence-corrected chi connectivity index (χ1v) is 5.68. The number of aliphatic hydroxyl groups is 1. The fourth-order valence-corrected chi connectivity index (χ4v) is 2.02. The van der Waals surface area contributed by atoms with Gasteiger partial charge in [-0.15, -0.1) is 0 Å². The van der Waals surface area contributed by atoms with Gasteiger partial charge in [0, 0.05) is 12.6 Å². The molecule has 1 saturated heterocycles. The summed E-state index contributed by atoms with van der Waals surface area (Å²) in [5.41, 5.74) is 0. The summed E-state index contributed by atoms with van der Waals surface area (Å²) in [6.07, 6.45) is 3.41. The van der Waals surface area contributed by atoms with Crippen LogP contribution < -0.4 is 5.32 Å². The summed E-state index contributed by atoms with van der Waals surface area (Å²) in [5, 5.41) is 12.8. The van der Waals surface area contributed by atoms with Gasteiger partial charge in [0.05, 0.1) is 18.3 Å². The van der Waals surface area contributed by atoms with Crippen molar-refractivity contribution < 1.29 is 9.84 Å². The van der Waals surface area contributed by atoms with E-state index in [0.29, 0.717) is 24.8 Å². The maximum atomic E-state index is 9.43. The molecule has 0 bridgehead atoms. The van der Waals surface area contributed by atoms with Gasteiger partial charge >= 0.3 is 0 Å². The van der Waals surface area contributed by atoms with E-state index in [1.165, 1.54) is 0 Å². The van der Waals surface area contributed by atoms with Crippen molar-refractivity contribution in [3.63, 3.8) is 0 Å². The van der Waals surface area contributed by atoms with Crippen LogP contribution in [0.1, 0.15) is 40.0 Å². The summed E-state index contributed by atoms with van der Waals surface area (Å²) in [5.74, 6) is 0. The van der Waals surface area contributed by atoms with Gasteiger partial charge in [0.25, 0.3) is 0 Å². The summed E-state index contributed by atoms with van der Waals surface area (Å²) in [6, 6.07) is 0.509. The molecule has 3 nitrogen and oxygen atoms in total. The van der Waals surface area contributed by atoms with Crippen LogP contribution in [0.3, 0.4) is 0 Å². The number of hydrogen-bond acceptors (Lipinski definition) is 3. The Morgan fingerprint density at radius 1 is 1.36 bits per heavy atom. The van der Waals surface area contributed by atoms with Crippen molar-refractivity contribution >= 4 is 0 Å². The lowest BCUT2D eigenvalue weighted by atomic mass is 10.00. The molecule has 1 heterocycles. The zero-order chi connectivity index (χ0) is 10.6. The maximum Gasteiger partial charge on any atom is 0.0662 e. The van der Waals surface area contributed by atoms with E-state index in [1.54, 1.807) is 0 Å². The average molecular weight is 201 g/mol. The van der Waals surface area contributed by atoms with Gasteiger partial charge in [0.1, 0.15) is 0 Å². The lowest BCUT2D eigenvalue weighted by Gasteiger charge is -2.33. The van der Waals surface area contributed by atoms with E-state index in [9.17, 15) is 5.11 Å². The number of hydrogen-bond donors (Lipinski definition) is 2. The molecule has 0 amide bonds. The van der Waals surface area contributed by atoms with Gasteiger partial charge in [0.15, 0.2) is 0 Å². The minimum Gasteiger partial charge on any atom is -0.392 e. The van der Waals surface area contributed by atoms with E-state index >= 15 is 0 Å². The van der Waals surface area contributed by atoms with Gasteiger partial charge in [-0.3, -0.25) is 0 Å². The molecule has 14 heavy (non-hydrogen) atoms. The molecule has 0 aromatic rings. The highest BCUT2D eigenvalue weighted by Gasteiger charge is 2.24. The summed E-state index contributed by atoms with van der Waals surface area (Å²) >= 11 is 0. The third-order valence-corrected chi connectivity index (χ3v) is 2.81. The average Bonchev–Trinajstić information content (AvgIpc) is 2.12. The second-order valence-electron chi connectivity index (χ2n) is 4.40. The van der Waals surface area contributed by atoms with Crippen molar-refractivity contribution in [1.82, 2.24) is 5.32 Å². The van der Waals surface area contributed by atoms with Crippen LogP contribution in [0.4, 0.5) is 0 Å². The predicted octanol–water partition coefficient (Wildman–Crippen LogP) is 1.30. The minimum absolute atomic E-state index is 0.205. The first-order chi connectivity index (χ1) is 6.61. The SMILES string of the molecule is CCC(O)CNC1CC(C)OC(C)C1. The van der Waals surface area contributed by atoms with Crippen LogP contribution >= 0.6 is 0 Å². The molecule has 0 radical (unpaired) electrons. The molecule has 0 spiro atoms. The quantitative estimate of drug-likeness (QED) is 0.720. The topological polar surface area (TPSA) is 41.5 Å². The van der Waals surface area contributed by atoms with Gasteiger partial charge in [0.2, 0.25) is 0 Å². The summed E-state index contributed by atoms with van der Waals surface area (Å²) in [6.45, 7) is 6.93. The van der Waals surface area contributed by atoms with Crippen molar-refractivity contribution in [3.05, 3.63) is 0 Å². The molecule has 0 aliphatic carbocycles. The first-order valence-electron chi connectivity index (χ1n) is 5.68. The van der Waals surface area contributed by atoms with Crippen LogP contribution in [-0.2, 0) is 4.74 Å². The molecule has 84 valence electrons. The van der Waals surface area contributed by atoms with E-state index in [0.717, 1.165) is 19.3 Å².